The van der Waals surface area contributed by atoms with E-state index in [-0.39, 0.29) is 0 Å². The van der Waals surface area contributed by atoms with Crippen LogP contribution in [0.15, 0.2) is 18.2 Å². The zero-order valence-corrected chi connectivity index (χ0v) is 8.65. The van der Waals surface area contributed by atoms with Crippen molar-refractivity contribution in [2.24, 2.45) is 0 Å². The molecule has 1 aliphatic rings. The maximum Gasteiger partial charge on any atom is 0.0378 e. The smallest absolute Gasteiger partial charge is 0.0378 e. The van der Waals surface area contributed by atoms with E-state index in [4.69, 9.17) is 0 Å². The third-order valence-corrected chi connectivity index (χ3v) is 3.09. The molecule has 0 radical (unpaired) electrons. The summed E-state index contributed by atoms with van der Waals surface area (Å²) >= 11 is 0. The van der Waals surface area contributed by atoms with Crippen molar-refractivity contribution in [3.63, 3.8) is 0 Å². The van der Waals surface area contributed by atoms with Crippen molar-refractivity contribution in [3.05, 3.63) is 29.3 Å². The second-order valence-electron chi connectivity index (χ2n) is 4.36. The van der Waals surface area contributed by atoms with E-state index in [1.807, 2.05) is 7.05 Å². The number of rotatable bonds is 2. The normalized spacial score (nSPS) is 18.4. The lowest BCUT2D eigenvalue weighted by Gasteiger charge is -2.15. The van der Waals surface area contributed by atoms with Gasteiger partial charge >= 0.3 is 0 Å². The maximum absolute atomic E-state index is 3.28. The molecule has 0 unspecified atom stereocenters. The van der Waals surface area contributed by atoms with E-state index < -0.39 is 0 Å². The molecule has 1 heteroatoms. The van der Waals surface area contributed by atoms with Crippen LogP contribution in [0.4, 0.5) is 5.69 Å². The van der Waals surface area contributed by atoms with Gasteiger partial charge in [-0.3, -0.25) is 0 Å². The molecule has 2 rings (SSSR count). The molecule has 0 aliphatic heterocycles. The Morgan fingerprint density at radius 1 is 1.31 bits per heavy atom. The minimum absolute atomic E-state index is 0.464. The fourth-order valence-electron chi connectivity index (χ4n) is 1.85. The molecular formula is C12H17N. The first-order valence-corrected chi connectivity index (χ1v) is 4.95. The molecule has 1 nitrogen and oxygen atoms in total. The highest BCUT2D eigenvalue weighted by molar-refractivity contribution is 5.57. The van der Waals surface area contributed by atoms with Crippen molar-refractivity contribution in [3.8, 4) is 0 Å². The summed E-state index contributed by atoms with van der Waals surface area (Å²) in [6.45, 7) is 4.48. The van der Waals surface area contributed by atoms with E-state index in [9.17, 15) is 0 Å². The Kier molecular flexibility index (Phi) is 1.83. The Balaban J connectivity index is 2.45. The third-order valence-electron chi connectivity index (χ3n) is 3.09. The van der Waals surface area contributed by atoms with E-state index >= 15 is 0 Å². The first-order valence-electron chi connectivity index (χ1n) is 4.95. The van der Waals surface area contributed by atoms with Crippen LogP contribution in [0.25, 0.3) is 0 Å². The largest absolute Gasteiger partial charge is 0.388 e. The molecule has 70 valence electrons. The average molecular weight is 175 g/mol. The van der Waals surface area contributed by atoms with Crippen LogP contribution in [-0.4, -0.2) is 7.05 Å². The van der Waals surface area contributed by atoms with Crippen LogP contribution in [0.5, 0.6) is 0 Å². The predicted octanol–water partition coefficient (Wildman–Crippen LogP) is 3.09. The number of aryl methyl sites for hydroxylation is 1. The highest BCUT2D eigenvalue weighted by Crippen LogP contribution is 2.50. The van der Waals surface area contributed by atoms with Crippen LogP contribution >= 0.6 is 0 Å². The lowest BCUT2D eigenvalue weighted by Crippen LogP contribution is -2.04. The summed E-state index contributed by atoms with van der Waals surface area (Å²) in [5, 5.41) is 3.28. The molecule has 0 saturated heterocycles. The van der Waals surface area contributed by atoms with Gasteiger partial charge in [0.15, 0.2) is 0 Å². The summed E-state index contributed by atoms with van der Waals surface area (Å²) in [7, 11) is 2.00. The molecule has 1 aromatic rings. The molecular weight excluding hydrogens is 158 g/mol. The van der Waals surface area contributed by atoms with Gasteiger partial charge in [0, 0.05) is 12.7 Å². The van der Waals surface area contributed by atoms with E-state index in [0.29, 0.717) is 5.41 Å². The number of benzene rings is 1. The fourth-order valence-corrected chi connectivity index (χ4v) is 1.85. The Hall–Kier alpha value is -0.980. The molecule has 0 bridgehead atoms. The second-order valence-corrected chi connectivity index (χ2v) is 4.36. The Morgan fingerprint density at radius 2 is 2.00 bits per heavy atom. The standard InChI is InChI=1S/C12H17N/c1-9-4-5-10(11(8-9)13-3)12(2)6-7-12/h4-5,8,13H,6-7H2,1-3H3. The minimum Gasteiger partial charge on any atom is -0.388 e. The quantitative estimate of drug-likeness (QED) is 0.728. The first-order chi connectivity index (χ1) is 6.15. The predicted molar refractivity (Wildman–Crippen MR) is 57.3 cm³/mol. The van der Waals surface area contributed by atoms with Crippen molar-refractivity contribution in [1.82, 2.24) is 0 Å². The molecule has 0 aromatic heterocycles. The van der Waals surface area contributed by atoms with Crippen LogP contribution in [0.3, 0.4) is 0 Å². The van der Waals surface area contributed by atoms with E-state index in [2.05, 4.69) is 37.4 Å². The van der Waals surface area contributed by atoms with Crippen LogP contribution in [0.1, 0.15) is 30.9 Å². The second kappa shape index (κ2) is 2.76. The molecule has 0 atom stereocenters. The molecule has 13 heavy (non-hydrogen) atoms. The molecule has 0 amide bonds. The Labute approximate surface area is 80.2 Å². The minimum atomic E-state index is 0.464. The van der Waals surface area contributed by atoms with Crippen molar-refractivity contribution in [1.29, 1.82) is 0 Å². The van der Waals surface area contributed by atoms with Gasteiger partial charge in [0.05, 0.1) is 0 Å². The zero-order valence-electron chi connectivity index (χ0n) is 8.65. The van der Waals surface area contributed by atoms with Gasteiger partial charge in [-0.2, -0.15) is 0 Å². The maximum atomic E-state index is 3.28. The van der Waals surface area contributed by atoms with Crippen molar-refractivity contribution >= 4 is 5.69 Å². The molecule has 0 heterocycles. The van der Waals surface area contributed by atoms with Crippen LogP contribution in [0, 0.1) is 6.92 Å². The molecule has 0 spiro atoms. The first kappa shape index (κ1) is 8.61. The number of nitrogens with one attached hydrogen (secondary N) is 1. The number of hydrogen-bond donors (Lipinski definition) is 1. The average Bonchev–Trinajstić information content (AvgIpc) is 2.84. The van der Waals surface area contributed by atoms with Crippen molar-refractivity contribution < 1.29 is 0 Å². The summed E-state index contributed by atoms with van der Waals surface area (Å²) in [6, 6.07) is 6.72. The van der Waals surface area contributed by atoms with Crippen molar-refractivity contribution in [2.45, 2.75) is 32.1 Å². The summed E-state index contributed by atoms with van der Waals surface area (Å²) < 4.78 is 0. The number of hydrogen-bond acceptors (Lipinski definition) is 1. The summed E-state index contributed by atoms with van der Waals surface area (Å²) in [5.74, 6) is 0. The van der Waals surface area contributed by atoms with E-state index in [1.165, 1.54) is 29.7 Å². The summed E-state index contributed by atoms with van der Waals surface area (Å²) in [4.78, 5) is 0. The third kappa shape index (κ3) is 1.43. The monoisotopic (exact) mass is 175 g/mol. The number of anilines is 1. The van der Waals surface area contributed by atoms with Gasteiger partial charge in [-0.15, -0.1) is 0 Å². The Morgan fingerprint density at radius 3 is 2.54 bits per heavy atom. The van der Waals surface area contributed by atoms with Crippen LogP contribution < -0.4 is 5.32 Å². The zero-order chi connectivity index (χ0) is 9.47. The van der Waals surface area contributed by atoms with Crippen LogP contribution in [-0.2, 0) is 5.41 Å². The van der Waals surface area contributed by atoms with Gasteiger partial charge in [0.2, 0.25) is 0 Å². The van der Waals surface area contributed by atoms with Gasteiger partial charge in [0.1, 0.15) is 0 Å². The van der Waals surface area contributed by atoms with Gasteiger partial charge in [-0.1, -0.05) is 19.1 Å². The van der Waals surface area contributed by atoms with E-state index in [0.717, 1.165) is 0 Å². The molecule has 1 fully saturated rings. The SMILES string of the molecule is CNc1cc(C)ccc1C1(C)CC1. The topological polar surface area (TPSA) is 12.0 Å². The van der Waals surface area contributed by atoms with Crippen LogP contribution in [0.2, 0.25) is 0 Å². The molecule has 1 saturated carbocycles. The van der Waals surface area contributed by atoms with E-state index in [1.54, 1.807) is 0 Å². The lowest BCUT2D eigenvalue weighted by atomic mass is 9.95. The molecule has 1 aliphatic carbocycles. The summed E-state index contributed by atoms with van der Waals surface area (Å²) in [6.07, 6.45) is 2.68. The van der Waals surface area contributed by atoms with Gasteiger partial charge < -0.3 is 5.32 Å². The Bertz CT molecular complexity index is 324. The highest BCUT2D eigenvalue weighted by Gasteiger charge is 2.40. The van der Waals surface area contributed by atoms with Gasteiger partial charge in [-0.25, -0.2) is 0 Å². The van der Waals surface area contributed by atoms with Crippen molar-refractivity contribution in [2.75, 3.05) is 12.4 Å². The highest BCUT2D eigenvalue weighted by atomic mass is 14.8. The molecule has 1 N–H and O–H groups in total. The van der Waals surface area contributed by atoms with Gasteiger partial charge in [-0.05, 0) is 42.4 Å². The summed E-state index contributed by atoms with van der Waals surface area (Å²) in [5.41, 5.74) is 4.59. The molecule has 1 aromatic carbocycles. The lowest BCUT2D eigenvalue weighted by molar-refractivity contribution is 0.789. The van der Waals surface area contributed by atoms with Gasteiger partial charge in [0.25, 0.3) is 0 Å². The fraction of sp³-hybridized carbons (Fsp3) is 0.500.